The summed E-state index contributed by atoms with van der Waals surface area (Å²) < 4.78 is 6.93. The zero-order valence-electron chi connectivity index (χ0n) is 15.3. The van der Waals surface area contributed by atoms with E-state index in [0.717, 1.165) is 10.0 Å². The van der Waals surface area contributed by atoms with Crippen LogP contribution in [-0.4, -0.2) is 28.4 Å². The Bertz CT molecular complexity index is 1090. The molecule has 0 unspecified atom stereocenters. The molecule has 0 saturated heterocycles. The fraction of sp³-hybridized carbons (Fsp3) is 0.200. The Morgan fingerprint density at radius 3 is 2.64 bits per heavy atom. The lowest BCUT2D eigenvalue weighted by molar-refractivity contribution is -0.141. The predicted octanol–water partition coefficient (Wildman–Crippen LogP) is 2.80. The van der Waals surface area contributed by atoms with E-state index in [2.05, 4.69) is 26.2 Å². The molecular formula is C20H18BrN3O4. The van der Waals surface area contributed by atoms with Crippen molar-refractivity contribution in [1.82, 2.24) is 14.7 Å². The third-order valence-electron chi connectivity index (χ3n) is 4.35. The van der Waals surface area contributed by atoms with Gasteiger partial charge in [0.2, 0.25) is 0 Å². The Morgan fingerprint density at radius 2 is 1.96 bits per heavy atom. The molecule has 1 N–H and O–H groups in total. The topological polar surface area (TPSA) is 89.8 Å². The highest BCUT2D eigenvalue weighted by atomic mass is 79.9. The molecule has 3 aromatic rings. The fourth-order valence-corrected chi connectivity index (χ4v) is 3.10. The van der Waals surface area contributed by atoms with Gasteiger partial charge < -0.3 is 10.1 Å². The fourth-order valence-electron chi connectivity index (χ4n) is 2.84. The summed E-state index contributed by atoms with van der Waals surface area (Å²) in [5.41, 5.74) is 1.45. The summed E-state index contributed by atoms with van der Waals surface area (Å²) in [6.07, 6.45) is 2.76. The van der Waals surface area contributed by atoms with Crippen LogP contribution < -0.4 is 10.9 Å². The lowest BCUT2D eigenvalue weighted by atomic mass is 10.0. The molecule has 1 atom stereocenters. The molecule has 28 heavy (non-hydrogen) atoms. The Balaban J connectivity index is 1.94. The Kier molecular flexibility index (Phi) is 5.89. The number of methoxy groups -OCH3 is 1. The van der Waals surface area contributed by atoms with Crippen LogP contribution in [0, 0.1) is 6.92 Å². The monoisotopic (exact) mass is 443 g/mol. The Morgan fingerprint density at radius 1 is 1.25 bits per heavy atom. The molecule has 0 bridgehead atoms. The van der Waals surface area contributed by atoms with E-state index < -0.39 is 23.5 Å². The molecule has 3 rings (SSSR count). The summed E-state index contributed by atoms with van der Waals surface area (Å²) in [5.74, 6) is -1.08. The van der Waals surface area contributed by atoms with Crippen molar-refractivity contribution in [3.05, 3.63) is 80.3 Å². The van der Waals surface area contributed by atoms with Gasteiger partial charge in [-0.25, -0.2) is 4.98 Å². The summed E-state index contributed by atoms with van der Waals surface area (Å²) in [6.45, 7) is 1.83. The van der Waals surface area contributed by atoms with Crippen LogP contribution in [0.2, 0.25) is 0 Å². The minimum Gasteiger partial charge on any atom is -0.469 e. The minimum atomic E-state index is -0.648. The molecular weight excluding hydrogens is 426 g/mol. The SMILES string of the molecule is COC(=O)C[C@@H](NC(=O)c1cnc2c(C)cccn2c1=O)c1ccc(Br)cc1. The number of nitrogens with one attached hydrogen (secondary N) is 1. The van der Waals surface area contributed by atoms with Crippen molar-refractivity contribution >= 4 is 33.5 Å². The number of fused-ring (bicyclic) bond motifs is 1. The van der Waals surface area contributed by atoms with Crippen molar-refractivity contribution < 1.29 is 14.3 Å². The van der Waals surface area contributed by atoms with Crippen molar-refractivity contribution in [2.45, 2.75) is 19.4 Å². The van der Waals surface area contributed by atoms with Gasteiger partial charge in [0.1, 0.15) is 11.2 Å². The first kappa shape index (κ1) is 19.8. The van der Waals surface area contributed by atoms with Gasteiger partial charge in [-0.15, -0.1) is 0 Å². The maximum absolute atomic E-state index is 12.8. The molecule has 0 fully saturated rings. The zero-order valence-corrected chi connectivity index (χ0v) is 16.9. The normalized spacial score (nSPS) is 11.8. The quantitative estimate of drug-likeness (QED) is 0.612. The number of ether oxygens (including phenoxy) is 1. The van der Waals surface area contributed by atoms with Crippen LogP contribution in [0.5, 0.6) is 0 Å². The van der Waals surface area contributed by atoms with E-state index in [1.54, 1.807) is 36.5 Å². The van der Waals surface area contributed by atoms with Crippen LogP contribution in [-0.2, 0) is 9.53 Å². The molecule has 0 spiro atoms. The number of pyridine rings is 1. The molecule has 2 heterocycles. The van der Waals surface area contributed by atoms with Gasteiger partial charge in [0.15, 0.2) is 0 Å². The van der Waals surface area contributed by atoms with Gasteiger partial charge in [-0.1, -0.05) is 34.1 Å². The molecule has 0 aliphatic heterocycles. The largest absolute Gasteiger partial charge is 0.469 e. The van der Waals surface area contributed by atoms with E-state index in [9.17, 15) is 14.4 Å². The number of halogens is 1. The van der Waals surface area contributed by atoms with Gasteiger partial charge >= 0.3 is 5.97 Å². The van der Waals surface area contributed by atoms with Crippen LogP contribution in [0.15, 0.2) is 58.1 Å². The van der Waals surface area contributed by atoms with Gasteiger partial charge in [0.05, 0.1) is 19.6 Å². The number of carbonyl (C=O) groups excluding carboxylic acids is 2. The molecule has 1 aromatic carbocycles. The molecule has 0 radical (unpaired) electrons. The second-order valence-corrected chi connectivity index (χ2v) is 7.14. The van der Waals surface area contributed by atoms with Crippen molar-refractivity contribution in [2.24, 2.45) is 0 Å². The summed E-state index contributed by atoms with van der Waals surface area (Å²) in [4.78, 5) is 41.6. The van der Waals surface area contributed by atoms with Gasteiger partial charge in [0.25, 0.3) is 11.5 Å². The summed E-state index contributed by atoms with van der Waals surface area (Å²) in [5, 5.41) is 2.75. The third-order valence-corrected chi connectivity index (χ3v) is 4.88. The van der Waals surface area contributed by atoms with Crippen LogP contribution in [0.25, 0.3) is 5.65 Å². The van der Waals surface area contributed by atoms with Crippen LogP contribution >= 0.6 is 15.9 Å². The molecule has 0 aliphatic carbocycles. The first-order valence-electron chi connectivity index (χ1n) is 8.51. The summed E-state index contributed by atoms with van der Waals surface area (Å²) >= 11 is 3.35. The van der Waals surface area contributed by atoms with E-state index >= 15 is 0 Å². The average molecular weight is 444 g/mol. The second kappa shape index (κ2) is 8.35. The number of aromatic nitrogens is 2. The first-order valence-corrected chi connectivity index (χ1v) is 9.30. The predicted molar refractivity (Wildman–Crippen MR) is 107 cm³/mol. The first-order chi connectivity index (χ1) is 13.4. The van der Waals surface area contributed by atoms with E-state index in [1.165, 1.54) is 17.7 Å². The third kappa shape index (κ3) is 4.12. The van der Waals surface area contributed by atoms with Crippen LogP contribution in [0.1, 0.15) is 33.9 Å². The highest BCUT2D eigenvalue weighted by Crippen LogP contribution is 2.20. The molecule has 2 aromatic heterocycles. The highest BCUT2D eigenvalue weighted by Gasteiger charge is 2.22. The van der Waals surface area contributed by atoms with Gasteiger partial charge in [-0.05, 0) is 36.2 Å². The lowest BCUT2D eigenvalue weighted by Crippen LogP contribution is -2.35. The van der Waals surface area contributed by atoms with Crippen molar-refractivity contribution in [3.8, 4) is 0 Å². The van der Waals surface area contributed by atoms with E-state index in [0.29, 0.717) is 11.2 Å². The smallest absolute Gasteiger partial charge is 0.307 e. The molecule has 0 saturated carbocycles. The number of nitrogens with zero attached hydrogens (tertiary/aromatic N) is 2. The molecule has 7 nitrogen and oxygen atoms in total. The standard InChI is InChI=1S/C20H18BrN3O4/c1-12-4-3-9-24-18(12)22-11-15(20(24)27)19(26)23-16(10-17(25)28-2)13-5-7-14(21)8-6-13/h3-9,11,16H,10H2,1-2H3,(H,23,26)/t16-/m1/s1. The average Bonchev–Trinajstić information content (AvgIpc) is 2.68. The number of amides is 1. The molecule has 0 aliphatic rings. The van der Waals surface area contributed by atoms with Crippen molar-refractivity contribution in [1.29, 1.82) is 0 Å². The van der Waals surface area contributed by atoms with E-state index in [4.69, 9.17) is 4.74 Å². The lowest BCUT2D eigenvalue weighted by Gasteiger charge is -2.18. The van der Waals surface area contributed by atoms with Gasteiger partial charge in [-0.3, -0.25) is 18.8 Å². The molecule has 144 valence electrons. The van der Waals surface area contributed by atoms with Gasteiger partial charge in [-0.2, -0.15) is 0 Å². The number of esters is 1. The maximum Gasteiger partial charge on any atom is 0.307 e. The number of rotatable bonds is 5. The van der Waals surface area contributed by atoms with E-state index in [1.807, 2.05) is 13.0 Å². The Hall–Kier alpha value is -3.00. The number of aryl methyl sites for hydroxylation is 1. The zero-order chi connectivity index (χ0) is 20.3. The maximum atomic E-state index is 12.8. The van der Waals surface area contributed by atoms with Crippen LogP contribution in [0.4, 0.5) is 0 Å². The van der Waals surface area contributed by atoms with Crippen LogP contribution in [0.3, 0.4) is 0 Å². The molecule has 1 amide bonds. The number of carbonyl (C=O) groups is 2. The summed E-state index contributed by atoms with van der Waals surface area (Å²) in [6, 6.07) is 10.1. The number of benzene rings is 1. The second-order valence-electron chi connectivity index (χ2n) is 6.22. The number of hydrogen-bond acceptors (Lipinski definition) is 5. The Labute approximate surface area is 169 Å². The molecule has 8 heteroatoms. The highest BCUT2D eigenvalue weighted by molar-refractivity contribution is 9.10. The van der Waals surface area contributed by atoms with Crippen molar-refractivity contribution in [3.63, 3.8) is 0 Å². The van der Waals surface area contributed by atoms with Gasteiger partial charge in [0, 0.05) is 16.9 Å². The number of hydrogen-bond donors (Lipinski definition) is 1. The minimum absolute atomic E-state index is 0.0642. The van der Waals surface area contributed by atoms with Crippen molar-refractivity contribution in [2.75, 3.05) is 7.11 Å². The van der Waals surface area contributed by atoms with E-state index in [-0.39, 0.29) is 12.0 Å². The summed E-state index contributed by atoms with van der Waals surface area (Å²) in [7, 11) is 1.28.